The van der Waals surface area contributed by atoms with Gasteiger partial charge in [0, 0.05) is 38.9 Å². The summed E-state index contributed by atoms with van der Waals surface area (Å²) in [6.07, 6.45) is 1.59. The molecule has 2 heterocycles. The van der Waals surface area contributed by atoms with Crippen LogP contribution < -0.4 is 16.6 Å². The lowest BCUT2D eigenvalue weighted by Crippen LogP contribution is -2.39. The number of hydrogen-bond donors (Lipinski definition) is 1. The normalized spacial score (nSPS) is 10.8. The molecule has 0 spiro atoms. The van der Waals surface area contributed by atoms with Gasteiger partial charge in [-0.15, -0.1) is 0 Å². The fourth-order valence-corrected chi connectivity index (χ4v) is 2.41. The third kappa shape index (κ3) is 2.60. The average molecular weight is 265 g/mol. The number of aryl methyl sites for hydroxylation is 1. The molecule has 2 rings (SSSR count). The predicted molar refractivity (Wildman–Crippen MR) is 71.8 cm³/mol. The summed E-state index contributed by atoms with van der Waals surface area (Å²) in [5.74, 6) is 0. The van der Waals surface area contributed by atoms with Crippen LogP contribution in [0.15, 0.2) is 32.6 Å². The van der Waals surface area contributed by atoms with Gasteiger partial charge in [-0.1, -0.05) is 0 Å². The summed E-state index contributed by atoms with van der Waals surface area (Å²) in [5.41, 5.74) is 1.24. The number of thiophene rings is 1. The smallest absolute Gasteiger partial charge is 0.308 e. The van der Waals surface area contributed by atoms with Gasteiger partial charge in [0.15, 0.2) is 0 Å². The number of rotatable bonds is 4. The van der Waals surface area contributed by atoms with Crippen molar-refractivity contribution in [2.75, 3.05) is 0 Å². The lowest BCUT2D eigenvalue weighted by atomic mass is 10.3. The molecule has 0 saturated heterocycles. The highest BCUT2D eigenvalue weighted by molar-refractivity contribution is 7.07. The lowest BCUT2D eigenvalue weighted by Gasteiger charge is -2.07. The van der Waals surface area contributed by atoms with Crippen LogP contribution in [0.4, 0.5) is 0 Å². The SMILES string of the molecule is Cn1cc(CNCc2ccsc2)c(=O)n(C)c1=O. The van der Waals surface area contributed by atoms with E-state index < -0.39 is 0 Å². The quantitative estimate of drug-likeness (QED) is 0.872. The Bertz CT molecular complexity index is 640. The first-order valence-corrected chi connectivity index (χ1v) is 6.51. The standard InChI is InChI=1S/C12H15N3O2S/c1-14-7-10(11(16)15(2)12(14)17)6-13-5-9-3-4-18-8-9/h3-4,7-8,13H,5-6H2,1-2H3. The summed E-state index contributed by atoms with van der Waals surface area (Å²) < 4.78 is 2.55. The molecule has 0 radical (unpaired) electrons. The predicted octanol–water partition coefficient (Wildman–Crippen LogP) is 0.435. The maximum absolute atomic E-state index is 11.8. The first kappa shape index (κ1) is 12.8. The highest BCUT2D eigenvalue weighted by Crippen LogP contribution is 2.05. The first-order chi connectivity index (χ1) is 8.59. The van der Waals surface area contributed by atoms with Gasteiger partial charge in [-0.05, 0) is 22.4 Å². The van der Waals surface area contributed by atoms with E-state index in [0.717, 1.165) is 11.1 Å². The molecule has 2 aromatic heterocycles. The van der Waals surface area contributed by atoms with Gasteiger partial charge in [-0.2, -0.15) is 11.3 Å². The largest absolute Gasteiger partial charge is 0.330 e. The Balaban J connectivity index is 2.10. The maximum atomic E-state index is 11.8. The van der Waals surface area contributed by atoms with Gasteiger partial charge in [0.25, 0.3) is 5.56 Å². The molecule has 2 aromatic rings. The third-order valence-electron chi connectivity index (χ3n) is 2.74. The van der Waals surface area contributed by atoms with Gasteiger partial charge < -0.3 is 9.88 Å². The van der Waals surface area contributed by atoms with E-state index in [4.69, 9.17) is 0 Å². The Hall–Kier alpha value is -1.66. The summed E-state index contributed by atoms with van der Waals surface area (Å²) in [6.45, 7) is 1.17. The Morgan fingerprint density at radius 3 is 2.72 bits per heavy atom. The summed E-state index contributed by atoms with van der Waals surface area (Å²) in [4.78, 5) is 23.4. The van der Waals surface area contributed by atoms with E-state index in [1.807, 2.05) is 11.4 Å². The van der Waals surface area contributed by atoms with Gasteiger partial charge in [-0.3, -0.25) is 9.36 Å². The zero-order valence-electron chi connectivity index (χ0n) is 10.3. The number of hydrogen-bond acceptors (Lipinski definition) is 4. The van der Waals surface area contributed by atoms with Crippen molar-refractivity contribution in [1.29, 1.82) is 0 Å². The van der Waals surface area contributed by atoms with Crippen LogP contribution in [0.5, 0.6) is 0 Å². The first-order valence-electron chi connectivity index (χ1n) is 5.57. The minimum Gasteiger partial charge on any atom is -0.308 e. The van der Waals surface area contributed by atoms with Crippen molar-refractivity contribution >= 4 is 11.3 Å². The second kappa shape index (κ2) is 5.32. The highest BCUT2D eigenvalue weighted by Gasteiger charge is 2.06. The summed E-state index contributed by atoms with van der Waals surface area (Å²) in [7, 11) is 3.14. The van der Waals surface area contributed by atoms with E-state index in [9.17, 15) is 9.59 Å². The molecule has 0 fully saturated rings. The zero-order valence-corrected chi connectivity index (χ0v) is 11.2. The van der Waals surface area contributed by atoms with E-state index in [2.05, 4.69) is 10.7 Å². The molecule has 0 aromatic carbocycles. The molecular weight excluding hydrogens is 250 g/mol. The minimum absolute atomic E-state index is 0.240. The Kier molecular flexibility index (Phi) is 3.78. The molecule has 0 saturated carbocycles. The Morgan fingerprint density at radius 2 is 2.06 bits per heavy atom. The van der Waals surface area contributed by atoms with Crippen LogP contribution in [-0.4, -0.2) is 9.13 Å². The second-order valence-corrected chi connectivity index (χ2v) is 4.93. The van der Waals surface area contributed by atoms with Crippen molar-refractivity contribution in [3.8, 4) is 0 Å². The number of nitrogens with one attached hydrogen (secondary N) is 1. The topological polar surface area (TPSA) is 56.0 Å². The summed E-state index contributed by atoms with van der Waals surface area (Å²) >= 11 is 1.64. The van der Waals surface area contributed by atoms with Gasteiger partial charge in [0.1, 0.15) is 0 Å². The lowest BCUT2D eigenvalue weighted by molar-refractivity contribution is 0.631. The molecular formula is C12H15N3O2S. The molecule has 0 amide bonds. The molecule has 96 valence electrons. The third-order valence-corrected chi connectivity index (χ3v) is 3.47. The van der Waals surface area contributed by atoms with Gasteiger partial charge >= 0.3 is 5.69 Å². The average Bonchev–Trinajstić information content (AvgIpc) is 2.86. The van der Waals surface area contributed by atoms with Crippen LogP contribution in [0.3, 0.4) is 0 Å². The van der Waals surface area contributed by atoms with Crippen molar-refractivity contribution in [2.45, 2.75) is 13.1 Å². The molecule has 5 nitrogen and oxygen atoms in total. The molecule has 18 heavy (non-hydrogen) atoms. The summed E-state index contributed by atoms with van der Waals surface area (Å²) in [5, 5.41) is 7.27. The molecule has 0 aliphatic heterocycles. The van der Waals surface area contributed by atoms with Crippen LogP contribution in [0.2, 0.25) is 0 Å². The fraction of sp³-hybridized carbons (Fsp3) is 0.333. The minimum atomic E-state index is -0.304. The van der Waals surface area contributed by atoms with E-state index in [0.29, 0.717) is 12.1 Å². The Morgan fingerprint density at radius 1 is 1.28 bits per heavy atom. The summed E-state index contributed by atoms with van der Waals surface area (Å²) in [6, 6.07) is 2.04. The van der Waals surface area contributed by atoms with E-state index in [1.165, 1.54) is 17.2 Å². The monoisotopic (exact) mass is 265 g/mol. The van der Waals surface area contributed by atoms with Gasteiger partial charge in [0.2, 0.25) is 0 Å². The molecule has 6 heteroatoms. The van der Waals surface area contributed by atoms with Crippen molar-refractivity contribution in [1.82, 2.24) is 14.5 Å². The number of nitrogens with zero attached hydrogens (tertiary/aromatic N) is 2. The van der Waals surface area contributed by atoms with E-state index >= 15 is 0 Å². The van der Waals surface area contributed by atoms with Crippen LogP contribution in [0, 0.1) is 0 Å². The van der Waals surface area contributed by atoms with Crippen LogP contribution in [-0.2, 0) is 27.2 Å². The van der Waals surface area contributed by atoms with Gasteiger partial charge in [0.05, 0.1) is 0 Å². The van der Waals surface area contributed by atoms with Crippen molar-refractivity contribution in [2.24, 2.45) is 14.1 Å². The molecule has 0 aliphatic rings. The molecule has 1 N–H and O–H groups in total. The van der Waals surface area contributed by atoms with Crippen molar-refractivity contribution in [3.63, 3.8) is 0 Å². The van der Waals surface area contributed by atoms with E-state index in [-0.39, 0.29) is 11.2 Å². The molecule has 0 atom stereocenters. The molecule has 0 aliphatic carbocycles. The van der Waals surface area contributed by atoms with Crippen LogP contribution in [0.25, 0.3) is 0 Å². The van der Waals surface area contributed by atoms with Crippen molar-refractivity contribution in [3.05, 3.63) is 55.0 Å². The maximum Gasteiger partial charge on any atom is 0.330 e. The van der Waals surface area contributed by atoms with Crippen LogP contribution >= 0.6 is 11.3 Å². The fourth-order valence-electron chi connectivity index (χ4n) is 1.74. The van der Waals surface area contributed by atoms with E-state index in [1.54, 1.807) is 24.6 Å². The van der Waals surface area contributed by atoms with Gasteiger partial charge in [-0.25, -0.2) is 4.79 Å². The highest BCUT2D eigenvalue weighted by atomic mass is 32.1. The molecule has 0 unspecified atom stereocenters. The second-order valence-electron chi connectivity index (χ2n) is 4.15. The van der Waals surface area contributed by atoms with Crippen LogP contribution in [0.1, 0.15) is 11.1 Å². The number of aromatic nitrogens is 2. The molecule has 0 bridgehead atoms. The zero-order chi connectivity index (χ0) is 13.1. The van der Waals surface area contributed by atoms with Crippen molar-refractivity contribution < 1.29 is 0 Å². The Labute approximate surface area is 108 Å².